The Hall–Kier alpha value is -3.06. The standard InChI is InChI=1S/2C8H8.2C7H7Cl/c2*1-2-8-6-4-3-5-7-8;2*8-6-7-4-2-1-3-5-7/h2*2-7H,1H2;2*1-5H,6H2. The van der Waals surface area contributed by atoms with Gasteiger partial charge < -0.3 is 0 Å². The third-order valence-electron chi connectivity index (χ3n) is 4.06. The molecule has 4 aromatic carbocycles. The summed E-state index contributed by atoms with van der Waals surface area (Å²) >= 11 is 11.1. The molecule has 0 unspecified atom stereocenters. The summed E-state index contributed by atoms with van der Waals surface area (Å²) in [5.41, 5.74) is 4.70. The highest BCUT2D eigenvalue weighted by Gasteiger charge is 1.82. The number of benzene rings is 4. The fraction of sp³-hybridized carbons (Fsp3) is 0.0667. The summed E-state index contributed by atoms with van der Waals surface area (Å²) in [6.07, 6.45) is 3.67. The van der Waals surface area contributed by atoms with E-state index >= 15 is 0 Å². The average molecular weight is 461 g/mol. The minimum absolute atomic E-state index is 0.612. The van der Waals surface area contributed by atoms with E-state index in [9.17, 15) is 0 Å². The van der Waals surface area contributed by atoms with Crippen LogP contribution in [0.2, 0.25) is 0 Å². The fourth-order valence-corrected chi connectivity index (χ4v) is 2.67. The van der Waals surface area contributed by atoms with Gasteiger partial charge in [0.05, 0.1) is 0 Å². The molecule has 0 atom stereocenters. The first kappa shape index (κ1) is 27.0. The van der Waals surface area contributed by atoms with Crippen LogP contribution in [0.4, 0.5) is 0 Å². The van der Waals surface area contributed by atoms with Crippen LogP contribution in [-0.4, -0.2) is 0 Å². The molecule has 0 fully saturated rings. The molecule has 0 aromatic heterocycles. The highest BCUT2D eigenvalue weighted by Crippen LogP contribution is 2.01. The Morgan fingerprint density at radius 3 is 0.844 bits per heavy atom. The molecule has 0 heterocycles. The van der Waals surface area contributed by atoms with Crippen molar-refractivity contribution in [3.05, 3.63) is 157 Å². The smallest absolute Gasteiger partial charge is 0.0474 e. The molecule has 0 aliphatic rings. The lowest BCUT2D eigenvalue weighted by Crippen LogP contribution is -1.71. The van der Waals surface area contributed by atoms with Crippen LogP contribution in [0.5, 0.6) is 0 Å². The lowest BCUT2D eigenvalue weighted by molar-refractivity contribution is 1.41. The second-order valence-corrected chi connectivity index (χ2v) is 7.00. The van der Waals surface area contributed by atoms with E-state index in [2.05, 4.69) is 13.2 Å². The molecule has 0 saturated heterocycles. The highest BCUT2D eigenvalue weighted by molar-refractivity contribution is 6.17. The summed E-state index contributed by atoms with van der Waals surface area (Å²) in [5, 5.41) is 0. The van der Waals surface area contributed by atoms with Gasteiger partial charge in [0.25, 0.3) is 0 Å². The molecule has 0 aliphatic carbocycles. The van der Waals surface area contributed by atoms with Gasteiger partial charge in [0, 0.05) is 11.8 Å². The Labute approximate surface area is 203 Å². The van der Waals surface area contributed by atoms with Gasteiger partial charge in [-0.2, -0.15) is 0 Å². The van der Waals surface area contributed by atoms with Crippen molar-refractivity contribution in [3.63, 3.8) is 0 Å². The van der Waals surface area contributed by atoms with Gasteiger partial charge in [0.15, 0.2) is 0 Å². The Bertz CT molecular complexity index is 868. The van der Waals surface area contributed by atoms with E-state index in [-0.39, 0.29) is 0 Å². The maximum absolute atomic E-state index is 5.53. The van der Waals surface area contributed by atoms with Gasteiger partial charge in [-0.05, 0) is 22.3 Å². The van der Waals surface area contributed by atoms with E-state index in [1.54, 1.807) is 0 Å². The van der Waals surface area contributed by atoms with Crippen molar-refractivity contribution in [3.8, 4) is 0 Å². The highest BCUT2D eigenvalue weighted by atomic mass is 35.5. The summed E-state index contributed by atoms with van der Waals surface area (Å²) in [5.74, 6) is 1.22. The molecular formula is C30H30Cl2. The zero-order valence-electron chi connectivity index (χ0n) is 18.3. The molecule has 164 valence electrons. The molecule has 0 saturated carbocycles. The first-order chi connectivity index (χ1) is 15.7. The Morgan fingerprint density at radius 1 is 0.438 bits per heavy atom. The van der Waals surface area contributed by atoms with E-state index in [1.165, 1.54) is 22.3 Å². The van der Waals surface area contributed by atoms with E-state index in [4.69, 9.17) is 23.2 Å². The largest absolute Gasteiger partial charge is 0.122 e. The third-order valence-corrected chi connectivity index (χ3v) is 4.68. The molecule has 32 heavy (non-hydrogen) atoms. The van der Waals surface area contributed by atoms with E-state index in [0.29, 0.717) is 11.8 Å². The van der Waals surface area contributed by atoms with Crippen LogP contribution in [0.25, 0.3) is 12.2 Å². The second-order valence-electron chi connectivity index (χ2n) is 6.47. The Kier molecular flexibility index (Phi) is 15.8. The van der Waals surface area contributed by atoms with E-state index in [0.717, 1.165) is 0 Å². The van der Waals surface area contributed by atoms with Gasteiger partial charge in [0.1, 0.15) is 0 Å². The molecule has 0 N–H and O–H groups in total. The summed E-state index contributed by atoms with van der Waals surface area (Å²) < 4.78 is 0. The molecule has 0 aliphatic heterocycles. The lowest BCUT2D eigenvalue weighted by atomic mass is 10.2. The molecule has 0 nitrogen and oxygen atoms in total. The number of rotatable bonds is 4. The van der Waals surface area contributed by atoms with Crippen molar-refractivity contribution >= 4 is 35.4 Å². The summed E-state index contributed by atoms with van der Waals surface area (Å²) in [7, 11) is 0. The van der Waals surface area contributed by atoms with Crippen molar-refractivity contribution < 1.29 is 0 Å². The van der Waals surface area contributed by atoms with Gasteiger partial charge in [-0.15, -0.1) is 23.2 Å². The predicted molar refractivity (Wildman–Crippen MR) is 145 cm³/mol. The SMILES string of the molecule is C=Cc1ccccc1.C=Cc1ccccc1.ClCc1ccccc1.ClCc1ccccc1. The zero-order valence-corrected chi connectivity index (χ0v) is 19.8. The van der Waals surface area contributed by atoms with Crippen LogP contribution in [0.15, 0.2) is 134 Å². The second kappa shape index (κ2) is 18.7. The minimum atomic E-state index is 0.612. The van der Waals surface area contributed by atoms with Gasteiger partial charge in [-0.1, -0.05) is 147 Å². The first-order valence-electron chi connectivity index (χ1n) is 10.3. The van der Waals surface area contributed by atoms with Crippen LogP contribution in [0.1, 0.15) is 22.3 Å². The number of hydrogen-bond acceptors (Lipinski definition) is 0. The van der Waals surface area contributed by atoms with Crippen molar-refractivity contribution in [2.24, 2.45) is 0 Å². The lowest BCUT2D eigenvalue weighted by Gasteiger charge is -1.88. The van der Waals surface area contributed by atoms with E-state index in [1.807, 2.05) is 133 Å². The van der Waals surface area contributed by atoms with Crippen LogP contribution < -0.4 is 0 Å². The third kappa shape index (κ3) is 13.3. The van der Waals surface area contributed by atoms with Crippen LogP contribution in [0, 0.1) is 0 Å². The van der Waals surface area contributed by atoms with Gasteiger partial charge in [0.2, 0.25) is 0 Å². The normalized spacial score (nSPS) is 8.81. The van der Waals surface area contributed by atoms with Crippen molar-refractivity contribution in [2.45, 2.75) is 11.8 Å². The van der Waals surface area contributed by atoms with Crippen LogP contribution in [-0.2, 0) is 11.8 Å². The molecular weight excluding hydrogens is 431 g/mol. The molecule has 4 aromatic rings. The minimum Gasteiger partial charge on any atom is -0.122 e. The molecule has 0 spiro atoms. The van der Waals surface area contributed by atoms with Gasteiger partial charge in [-0.25, -0.2) is 0 Å². The maximum atomic E-state index is 5.53. The first-order valence-corrected chi connectivity index (χ1v) is 11.3. The molecule has 2 heteroatoms. The van der Waals surface area contributed by atoms with Gasteiger partial charge >= 0.3 is 0 Å². The fourth-order valence-electron chi connectivity index (χ4n) is 2.31. The number of halogens is 2. The predicted octanol–water partition coefficient (Wildman–Crippen LogP) is 9.51. The molecule has 0 bridgehead atoms. The summed E-state index contributed by atoms with van der Waals surface area (Å²) in [4.78, 5) is 0. The van der Waals surface area contributed by atoms with Crippen molar-refractivity contribution in [2.75, 3.05) is 0 Å². The van der Waals surface area contributed by atoms with Gasteiger partial charge in [-0.3, -0.25) is 0 Å². The van der Waals surface area contributed by atoms with E-state index < -0.39 is 0 Å². The Morgan fingerprint density at radius 2 is 0.688 bits per heavy atom. The molecule has 0 amide bonds. The summed E-state index contributed by atoms with van der Waals surface area (Å²) in [6, 6.07) is 40.0. The zero-order chi connectivity index (χ0) is 23.3. The van der Waals surface area contributed by atoms with Crippen molar-refractivity contribution in [1.82, 2.24) is 0 Å². The monoisotopic (exact) mass is 460 g/mol. The Balaban J connectivity index is 0.000000213. The molecule has 0 radical (unpaired) electrons. The number of alkyl halides is 2. The number of hydrogen-bond donors (Lipinski definition) is 0. The summed E-state index contributed by atoms with van der Waals surface area (Å²) in [6.45, 7) is 7.26. The van der Waals surface area contributed by atoms with Crippen LogP contribution in [0.3, 0.4) is 0 Å². The maximum Gasteiger partial charge on any atom is 0.0474 e. The average Bonchev–Trinajstić information content (AvgIpc) is 2.91. The van der Waals surface area contributed by atoms with Crippen LogP contribution >= 0.6 is 23.2 Å². The molecule has 4 rings (SSSR count). The quantitative estimate of drug-likeness (QED) is 0.266. The topological polar surface area (TPSA) is 0 Å². The van der Waals surface area contributed by atoms with Crippen molar-refractivity contribution in [1.29, 1.82) is 0 Å².